The molecule has 62 valence electrons. The molecule has 11 heavy (non-hydrogen) atoms. The SMILES string of the molecule is CCc1csc(C(N)CO)n1. The van der Waals surface area contributed by atoms with E-state index < -0.39 is 0 Å². The van der Waals surface area contributed by atoms with Crippen molar-refractivity contribution in [1.29, 1.82) is 0 Å². The van der Waals surface area contributed by atoms with Crippen LogP contribution in [0.1, 0.15) is 23.7 Å². The maximum absolute atomic E-state index is 8.71. The first-order chi connectivity index (χ1) is 5.27. The van der Waals surface area contributed by atoms with E-state index in [1.165, 1.54) is 11.3 Å². The van der Waals surface area contributed by atoms with E-state index in [-0.39, 0.29) is 12.6 Å². The second-order valence-electron chi connectivity index (χ2n) is 2.32. The molecule has 0 aliphatic heterocycles. The largest absolute Gasteiger partial charge is 0.394 e. The van der Waals surface area contributed by atoms with Gasteiger partial charge in [-0.25, -0.2) is 4.98 Å². The maximum atomic E-state index is 8.71. The Morgan fingerprint density at radius 3 is 3.00 bits per heavy atom. The van der Waals surface area contributed by atoms with Crippen LogP contribution >= 0.6 is 11.3 Å². The fourth-order valence-corrected chi connectivity index (χ4v) is 1.63. The third-order valence-corrected chi connectivity index (χ3v) is 2.47. The molecule has 0 fully saturated rings. The minimum atomic E-state index is -0.305. The lowest BCUT2D eigenvalue weighted by Gasteiger charge is -2.01. The van der Waals surface area contributed by atoms with Gasteiger partial charge < -0.3 is 10.8 Å². The summed E-state index contributed by atoms with van der Waals surface area (Å²) in [6, 6.07) is -0.305. The molecule has 4 heteroatoms. The lowest BCUT2D eigenvalue weighted by atomic mass is 10.3. The summed E-state index contributed by atoms with van der Waals surface area (Å²) in [5, 5.41) is 11.5. The monoisotopic (exact) mass is 172 g/mol. The summed E-state index contributed by atoms with van der Waals surface area (Å²) >= 11 is 1.51. The van der Waals surface area contributed by atoms with Crippen molar-refractivity contribution in [1.82, 2.24) is 4.98 Å². The highest BCUT2D eigenvalue weighted by Crippen LogP contribution is 2.15. The summed E-state index contributed by atoms with van der Waals surface area (Å²) in [5.41, 5.74) is 6.61. The zero-order valence-electron chi connectivity index (χ0n) is 6.45. The van der Waals surface area contributed by atoms with Gasteiger partial charge in [0.15, 0.2) is 0 Å². The van der Waals surface area contributed by atoms with Gasteiger partial charge >= 0.3 is 0 Å². The number of hydrogen-bond donors (Lipinski definition) is 2. The third-order valence-electron chi connectivity index (χ3n) is 1.45. The fourth-order valence-electron chi connectivity index (χ4n) is 0.733. The molecule has 0 saturated heterocycles. The molecule has 3 N–H and O–H groups in total. The Balaban J connectivity index is 2.71. The summed E-state index contributed by atoms with van der Waals surface area (Å²) in [4.78, 5) is 4.23. The predicted octanol–water partition coefficient (Wildman–Crippen LogP) is 0.698. The van der Waals surface area contributed by atoms with Gasteiger partial charge in [0, 0.05) is 5.38 Å². The maximum Gasteiger partial charge on any atom is 0.112 e. The van der Waals surface area contributed by atoms with Gasteiger partial charge in [0.2, 0.25) is 0 Å². The molecule has 0 aliphatic carbocycles. The molecule has 0 spiro atoms. The van der Waals surface area contributed by atoms with E-state index >= 15 is 0 Å². The van der Waals surface area contributed by atoms with Gasteiger partial charge in [0.1, 0.15) is 5.01 Å². The van der Waals surface area contributed by atoms with E-state index in [0.717, 1.165) is 17.1 Å². The second kappa shape index (κ2) is 3.80. The van der Waals surface area contributed by atoms with Crippen LogP contribution in [0.2, 0.25) is 0 Å². The van der Waals surface area contributed by atoms with E-state index in [9.17, 15) is 0 Å². The first-order valence-electron chi connectivity index (χ1n) is 3.58. The summed E-state index contributed by atoms with van der Waals surface area (Å²) in [6.07, 6.45) is 0.925. The van der Waals surface area contributed by atoms with E-state index in [1.54, 1.807) is 0 Å². The van der Waals surface area contributed by atoms with Crippen molar-refractivity contribution in [3.63, 3.8) is 0 Å². The van der Waals surface area contributed by atoms with E-state index in [4.69, 9.17) is 10.8 Å². The number of thiazole rings is 1. The molecule has 0 saturated carbocycles. The highest BCUT2D eigenvalue weighted by atomic mass is 32.1. The Bertz CT molecular complexity index is 224. The van der Waals surface area contributed by atoms with Gasteiger partial charge in [0.05, 0.1) is 18.3 Å². The van der Waals surface area contributed by atoms with Crippen LogP contribution in [0.4, 0.5) is 0 Å². The van der Waals surface area contributed by atoms with Gasteiger partial charge in [-0.3, -0.25) is 0 Å². The molecule has 1 heterocycles. The van der Waals surface area contributed by atoms with Crippen LogP contribution < -0.4 is 5.73 Å². The van der Waals surface area contributed by atoms with E-state index in [1.807, 2.05) is 12.3 Å². The molecule has 1 rings (SSSR count). The lowest BCUT2D eigenvalue weighted by Crippen LogP contribution is -2.14. The third kappa shape index (κ3) is 1.99. The zero-order valence-corrected chi connectivity index (χ0v) is 7.27. The van der Waals surface area contributed by atoms with Gasteiger partial charge in [0.25, 0.3) is 0 Å². The highest BCUT2D eigenvalue weighted by Gasteiger charge is 2.07. The minimum absolute atomic E-state index is 0.0311. The topological polar surface area (TPSA) is 59.1 Å². The quantitative estimate of drug-likeness (QED) is 0.705. The van der Waals surface area contributed by atoms with Crippen molar-refractivity contribution in [3.8, 4) is 0 Å². The van der Waals surface area contributed by atoms with Crippen LogP contribution in [0.25, 0.3) is 0 Å². The molecular formula is C7H12N2OS. The van der Waals surface area contributed by atoms with Crippen molar-refractivity contribution in [2.75, 3.05) is 6.61 Å². The number of nitrogens with zero attached hydrogens (tertiary/aromatic N) is 1. The molecule has 1 unspecified atom stereocenters. The van der Waals surface area contributed by atoms with Crippen LogP contribution in [0.3, 0.4) is 0 Å². The van der Waals surface area contributed by atoms with Crippen molar-refractivity contribution < 1.29 is 5.11 Å². The number of aryl methyl sites for hydroxylation is 1. The number of rotatable bonds is 3. The molecule has 0 aromatic carbocycles. The number of nitrogens with two attached hydrogens (primary N) is 1. The average molecular weight is 172 g/mol. The lowest BCUT2D eigenvalue weighted by molar-refractivity contribution is 0.267. The summed E-state index contributed by atoms with van der Waals surface area (Å²) in [6.45, 7) is 2.01. The molecule has 0 bridgehead atoms. The van der Waals surface area contributed by atoms with Gasteiger partial charge in [-0.1, -0.05) is 6.92 Å². The molecule has 1 aromatic heterocycles. The average Bonchev–Trinajstić information content (AvgIpc) is 2.50. The summed E-state index contributed by atoms with van der Waals surface area (Å²) < 4.78 is 0. The summed E-state index contributed by atoms with van der Waals surface area (Å²) in [5.74, 6) is 0. The highest BCUT2D eigenvalue weighted by molar-refractivity contribution is 7.09. The number of aromatic nitrogens is 1. The molecule has 0 aliphatic rings. The molecular weight excluding hydrogens is 160 g/mol. The van der Waals surface area contributed by atoms with Crippen LogP contribution in [-0.4, -0.2) is 16.7 Å². The second-order valence-corrected chi connectivity index (χ2v) is 3.21. The number of aliphatic hydroxyl groups is 1. The Labute approximate surface area is 69.9 Å². The summed E-state index contributed by atoms with van der Waals surface area (Å²) in [7, 11) is 0. The van der Waals surface area contributed by atoms with E-state index in [2.05, 4.69) is 4.98 Å². The number of aliphatic hydroxyl groups excluding tert-OH is 1. The zero-order chi connectivity index (χ0) is 8.27. The smallest absolute Gasteiger partial charge is 0.112 e. The van der Waals surface area contributed by atoms with Crippen LogP contribution in [0, 0.1) is 0 Å². The van der Waals surface area contributed by atoms with Crippen LogP contribution in [-0.2, 0) is 6.42 Å². The Morgan fingerprint density at radius 2 is 2.55 bits per heavy atom. The fraction of sp³-hybridized carbons (Fsp3) is 0.571. The Hall–Kier alpha value is -0.450. The normalized spacial score (nSPS) is 13.4. The van der Waals surface area contributed by atoms with Crippen molar-refractivity contribution in [3.05, 3.63) is 16.1 Å². The molecule has 0 radical (unpaired) electrons. The van der Waals surface area contributed by atoms with Crippen LogP contribution in [0.5, 0.6) is 0 Å². The first kappa shape index (κ1) is 8.64. The van der Waals surface area contributed by atoms with Crippen molar-refractivity contribution in [2.24, 2.45) is 5.73 Å². The standard InChI is InChI=1S/C7H12N2OS/c1-2-5-4-11-7(9-5)6(8)3-10/h4,6,10H,2-3,8H2,1H3. The van der Waals surface area contributed by atoms with Gasteiger partial charge in [-0.05, 0) is 6.42 Å². The first-order valence-corrected chi connectivity index (χ1v) is 4.46. The van der Waals surface area contributed by atoms with Crippen LogP contribution in [0.15, 0.2) is 5.38 Å². The van der Waals surface area contributed by atoms with Gasteiger partial charge in [-0.15, -0.1) is 11.3 Å². The van der Waals surface area contributed by atoms with Gasteiger partial charge in [-0.2, -0.15) is 0 Å². The predicted molar refractivity (Wildman–Crippen MR) is 45.5 cm³/mol. The molecule has 1 aromatic rings. The number of hydrogen-bond acceptors (Lipinski definition) is 4. The minimum Gasteiger partial charge on any atom is -0.394 e. The Morgan fingerprint density at radius 1 is 1.82 bits per heavy atom. The van der Waals surface area contributed by atoms with Crippen molar-refractivity contribution >= 4 is 11.3 Å². The van der Waals surface area contributed by atoms with E-state index in [0.29, 0.717) is 0 Å². The molecule has 0 amide bonds. The Kier molecular flexibility index (Phi) is 2.99. The molecule has 3 nitrogen and oxygen atoms in total. The van der Waals surface area contributed by atoms with Crippen molar-refractivity contribution in [2.45, 2.75) is 19.4 Å². The molecule has 1 atom stereocenters.